The van der Waals surface area contributed by atoms with Gasteiger partial charge in [0.15, 0.2) is 0 Å². The molecule has 1 aromatic rings. The molecule has 104 valence electrons. The maximum absolute atomic E-state index is 5.65. The quantitative estimate of drug-likeness (QED) is 0.353. The van der Waals surface area contributed by atoms with E-state index in [1.54, 1.807) is 0 Å². The number of nitrogens with one attached hydrogen (secondary N) is 1. The van der Waals surface area contributed by atoms with Gasteiger partial charge in [-0.2, -0.15) is 0 Å². The van der Waals surface area contributed by atoms with Crippen LogP contribution in [0.5, 0.6) is 0 Å². The van der Waals surface area contributed by atoms with Crippen molar-refractivity contribution in [3.63, 3.8) is 0 Å². The van der Waals surface area contributed by atoms with E-state index < -0.39 is 0 Å². The first-order valence-corrected chi connectivity index (χ1v) is 6.96. The van der Waals surface area contributed by atoms with Crippen molar-refractivity contribution >= 4 is 11.6 Å². The van der Waals surface area contributed by atoms with Gasteiger partial charge in [0.05, 0.1) is 5.69 Å². The van der Waals surface area contributed by atoms with Crippen LogP contribution < -0.4 is 11.3 Å². The van der Waals surface area contributed by atoms with Crippen molar-refractivity contribution in [2.75, 3.05) is 13.1 Å². The molecule has 1 aliphatic heterocycles. The minimum atomic E-state index is 0.418. The third-order valence-electron chi connectivity index (χ3n) is 3.76. The van der Waals surface area contributed by atoms with E-state index in [2.05, 4.69) is 29.2 Å². The lowest BCUT2D eigenvalue weighted by atomic mass is 9.85. The summed E-state index contributed by atoms with van der Waals surface area (Å²) in [5.74, 6) is 6.42. The predicted octanol–water partition coefficient (Wildman–Crippen LogP) is 2.65. The van der Waals surface area contributed by atoms with Gasteiger partial charge in [0.1, 0.15) is 0 Å². The lowest BCUT2D eigenvalue weighted by Gasteiger charge is -2.25. The fourth-order valence-corrected chi connectivity index (χ4v) is 2.45. The number of guanidine groups is 1. The Balaban J connectivity index is 2.11. The average molecular weight is 260 g/mol. The smallest absolute Gasteiger partial charge is 0.213 e. The largest absolute Gasteiger partial charge is 0.342 e. The van der Waals surface area contributed by atoms with Gasteiger partial charge in [-0.3, -0.25) is 5.43 Å². The second-order valence-corrected chi connectivity index (χ2v) is 5.92. The van der Waals surface area contributed by atoms with Crippen LogP contribution in [0.15, 0.2) is 35.3 Å². The van der Waals surface area contributed by atoms with Crippen molar-refractivity contribution in [1.82, 2.24) is 10.3 Å². The number of hydrogen-bond donors (Lipinski definition) is 2. The molecule has 4 heteroatoms. The van der Waals surface area contributed by atoms with Crippen molar-refractivity contribution in [3.05, 3.63) is 30.3 Å². The van der Waals surface area contributed by atoms with Gasteiger partial charge in [0, 0.05) is 13.1 Å². The van der Waals surface area contributed by atoms with E-state index in [4.69, 9.17) is 5.84 Å². The Morgan fingerprint density at radius 2 is 1.95 bits per heavy atom. The zero-order chi connectivity index (χ0) is 13.7. The molecule has 19 heavy (non-hydrogen) atoms. The molecular weight excluding hydrogens is 236 g/mol. The Morgan fingerprint density at radius 1 is 1.21 bits per heavy atom. The highest BCUT2D eigenvalue weighted by Gasteiger charge is 2.24. The Morgan fingerprint density at radius 3 is 2.63 bits per heavy atom. The molecule has 0 amide bonds. The van der Waals surface area contributed by atoms with Crippen LogP contribution in [0.1, 0.15) is 33.1 Å². The summed E-state index contributed by atoms with van der Waals surface area (Å²) < 4.78 is 0. The third kappa shape index (κ3) is 3.96. The molecule has 0 unspecified atom stereocenters. The molecule has 0 aromatic heterocycles. The summed E-state index contributed by atoms with van der Waals surface area (Å²) in [4.78, 5) is 6.85. The number of likely N-dealkylation sites (tertiary alicyclic amines) is 1. The molecule has 0 spiro atoms. The van der Waals surface area contributed by atoms with Crippen LogP contribution in [0.4, 0.5) is 5.69 Å². The molecule has 1 aliphatic rings. The van der Waals surface area contributed by atoms with Crippen LogP contribution in [0.3, 0.4) is 0 Å². The molecule has 0 bridgehead atoms. The summed E-state index contributed by atoms with van der Waals surface area (Å²) in [6, 6.07) is 9.93. The fraction of sp³-hybridized carbons (Fsp3) is 0.533. The lowest BCUT2D eigenvalue weighted by molar-refractivity contribution is 0.312. The molecule has 3 N–H and O–H groups in total. The highest BCUT2D eigenvalue weighted by molar-refractivity contribution is 5.82. The Bertz CT molecular complexity index is 425. The lowest BCUT2D eigenvalue weighted by Crippen LogP contribution is -2.45. The summed E-state index contributed by atoms with van der Waals surface area (Å²) in [5, 5.41) is 0. The van der Waals surface area contributed by atoms with Gasteiger partial charge in [0.25, 0.3) is 0 Å². The van der Waals surface area contributed by atoms with E-state index in [0.29, 0.717) is 5.41 Å². The Kier molecular flexibility index (Phi) is 4.43. The van der Waals surface area contributed by atoms with Crippen molar-refractivity contribution in [2.24, 2.45) is 16.3 Å². The van der Waals surface area contributed by atoms with Gasteiger partial charge in [-0.25, -0.2) is 10.8 Å². The zero-order valence-electron chi connectivity index (χ0n) is 11.9. The van der Waals surface area contributed by atoms with E-state index in [1.807, 2.05) is 30.3 Å². The normalized spacial score (nSPS) is 19.9. The van der Waals surface area contributed by atoms with Gasteiger partial charge in [-0.05, 0) is 36.8 Å². The van der Waals surface area contributed by atoms with Crippen LogP contribution in [0.25, 0.3) is 0 Å². The molecule has 0 radical (unpaired) electrons. The zero-order valence-corrected chi connectivity index (χ0v) is 11.9. The topological polar surface area (TPSA) is 53.6 Å². The van der Waals surface area contributed by atoms with Crippen LogP contribution in [0.2, 0.25) is 0 Å². The first kappa shape index (κ1) is 13.9. The molecule has 0 atom stereocenters. The second kappa shape index (κ2) is 6.06. The molecule has 1 fully saturated rings. The van der Waals surface area contributed by atoms with E-state index in [-0.39, 0.29) is 0 Å². The number of nitrogens with two attached hydrogens (primary N) is 1. The van der Waals surface area contributed by atoms with Gasteiger partial charge < -0.3 is 4.90 Å². The van der Waals surface area contributed by atoms with Gasteiger partial charge in [-0.15, -0.1) is 0 Å². The number of nitrogens with zero attached hydrogens (tertiary/aromatic N) is 2. The van der Waals surface area contributed by atoms with E-state index in [1.165, 1.54) is 19.3 Å². The summed E-state index contributed by atoms with van der Waals surface area (Å²) in [6.45, 7) is 6.68. The molecule has 4 nitrogen and oxygen atoms in total. The highest BCUT2D eigenvalue weighted by atomic mass is 15.4. The molecular formula is C15H24N4. The first-order chi connectivity index (χ1) is 9.11. The number of aliphatic imine (C=N–C) groups is 1. The van der Waals surface area contributed by atoms with Crippen LogP contribution in [-0.2, 0) is 0 Å². The standard InChI is InChI=1S/C15H24N4/c1-15(2)9-6-11-19(12-10-15)14(18-16)17-13-7-4-3-5-8-13/h3-5,7-8H,6,9-12,16H2,1-2H3,(H,17,18). The minimum Gasteiger partial charge on any atom is -0.342 e. The SMILES string of the molecule is CC1(C)CCCN(C(=Nc2ccccc2)NN)CC1. The molecule has 1 aromatic carbocycles. The number of hydrogen-bond acceptors (Lipinski definition) is 2. The summed E-state index contributed by atoms with van der Waals surface area (Å²) in [7, 11) is 0. The monoisotopic (exact) mass is 260 g/mol. The summed E-state index contributed by atoms with van der Waals surface area (Å²) in [6.07, 6.45) is 3.61. The molecule has 0 aliphatic carbocycles. The molecule has 1 heterocycles. The van der Waals surface area contributed by atoms with E-state index >= 15 is 0 Å². The molecule has 0 saturated carbocycles. The van der Waals surface area contributed by atoms with E-state index in [0.717, 1.165) is 24.7 Å². The van der Waals surface area contributed by atoms with Crippen LogP contribution >= 0.6 is 0 Å². The number of rotatable bonds is 1. The minimum absolute atomic E-state index is 0.418. The Hall–Kier alpha value is -1.55. The number of para-hydroxylation sites is 1. The van der Waals surface area contributed by atoms with Crippen molar-refractivity contribution in [1.29, 1.82) is 0 Å². The maximum atomic E-state index is 5.65. The third-order valence-corrected chi connectivity index (χ3v) is 3.76. The second-order valence-electron chi connectivity index (χ2n) is 5.92. The van der Waals surface area contributed by atoms with Crippen molar-refractivity contribution < 1.29 is 0 Å². The number of benzene rings is 1. The average Bonchev–Trinajstić information content (AvgIpc) is 2.58. The van der Waals surface area contributed by atoms with Crippen molar-refractivity contribution in [2.45, 2.75) is 33.1 Å². The van der Waals surface area contributed by atoms with Crippen LogP contribution in [0, 0.1) is 5.41 Å². The van der Waals surface area contributed by atoms with Gasteiger partial charge >= 0.3 is 0 Å². The fourth-order valence-electron chi connectivity index (χ4n) is 2.45. The first-order valence-electron chi connectivity index (χ1n) is 6.96. The highest BCUT2D eigenvalue weighted by Crippen LogP contribution is 2.29. The number of hydrazine groups is 1. The maximum Gasteiger partial charge on any atom is 0.213 e. The predicted molar refractivity (Wildman–Crippen MR) is 80.1 cm³/mol. The van der Waals surface area contributed by atoms with Crippen LogP contribution in [-0.4, -0.2) is 23.9 Å². The van der Waals surface area contributed by atoms with E-state index in [9.17, 15) is 0 Å². The molecule has 2 rings (SSSR count). The van der Waals surface area contributed by atoms with Gasteiger partial charge in [-0.1, -0.05) is 32.0 Å². The molecule has 1 saturated heterocycles. The Labute approximate surface area is 115 Å². The summed E-state index contributed by atoms with van der Waals surface area (Å²) >= 11 is 0. The van der Waals surface area contributed by atoms with Gasteiger partial charge in [0.2, 0.25) is 5.96 Å². The van der Waals surface area contributed by atoms with Crippen molar-refractivity contribution in [3.8, 4) is 0 Å². The summed E-state index contributed by atoms with van der Waals surface area (Å²) in [5.41, 5.74) is 4.10.